The molecule has 10 heteroatoms. The first kappa shape index (κ1) is 20.5. The van der Waals surface area contributed by atoms with Crippen LogP contribution in [0.15, 0.2) is 0 Å². The Kier molecular flexibility index (Phi) is 6.87. The van der Waals surface area contributed by atoms with Gasteiger partial charge in [0.05, 0.1) is 0 Å². The highest BCUT2D eigenvalue weighted by Gasteiger charge is 2.60. The van der Waals surface area contributed by atoms with Gasteiger partial charge >= 0.3 is 17.9 Å². The molecule has 136 valence electrons. The Morgan fingerprint density at radius 3 is 1.92 bits per heavy atom. The smallest absolute Gasteiger partial charge is 0.303 e. The zero-order valence-electron chi connectivity index (χ0n) is 13.6. The third-order valence-corrected chi connectivity index (χ3v) is 4.09. The van der Waals surface area contributed by atoms with Crippen molar-refractivity contribution in [3.8, 4) is 0 Å². The summed E-state index contributed by atoms with van der Waals surface area (Å²) in [6.07, 6.45) is -4.33. The maximum Gasteiger partial charge on any atom is 0.303 e. The Bertz CT molecular complexity index is 534. The van der Waals surface area contributed by atoms with Crippen LogP contribution in [-0.4, -0.2) is 64.3 Å². The number of Topliss-reactive ketones (excluding diaryl/α,β-unsaturated/α-hetero) is 1. The number of halogens is 1. The quantitative estimate of drug-likeness (QED) is 0.374. The van der Waals surface area contributed by atoms with E-state index in [1.54, 1.807) is 0 Å². The Morgan fingerprint density at radius 2 is 1.50 bits per heavy atom. The summed E-state index contributed by atoms with van der Waals surface area (Å²) in [4.78, 5) is 45.8. The summed E-state index contributed by atoms with van der Waals surface area (Å²) in [5.74, 6) is -2.81. The van der Waals surface area contributed by atoms with Crippen LogP contribution in [0, 0.1) is 0 Å². The zero-order chi connectivity index (χ0) is 18.7. The molecule has 0 aliphatic carbocycles. The summed E-state index contributed by atoms with van der Waals surface area (Å²) < 4.78 is 20.4. The lowest BCUT2D eigenvalue weighted by molar-refractivity contribution is -0.258. The van der Waals surface area contributed by atoms with Gasteiger partial charge in [-0.2, -0.15) is 0 Å². The van der Waals surface area contributed by atoms with Gasteiger partial charge in [0.1, 0.15) is 12.7 Å². The highest BCUT2D eigenvalue weighted by molar-refractivity contribution is 9.09. The Labute approximate surface area is 146 Å². The lowest BCUT2D eigenvalue weighted by atomic mass is 9.84. The fourth-order valence-corrected chi connectivity index (χ4v) is 3.03. The number of carbonyl (C=O) groups excluding carboxylic acids is 4. The lowest BCUT2D eigenvalue weighted by Crippen LogP contribution is -2.69. The van der Waals surface area contributed by atoms with Crippen LogP contribution >= 0.6 is 15.9 Å². The van der Waals surface area contributed by atoms with Crippen LogP contribution in [0.3, 0.4) is 0 Å². The van der Waals surface area contributed by atoms with Crippen LogP contribution in [0.4, 0.5) is 0 Å². The fourth-order valence-electron chi connectivity index (χ4n) is 2.29. The van der Waals surface area contributed by atoms with E-state index in [1.165, 1.54) is 0 Å². The summed E-state index contributed by atoms with van der Waals surface area (Å²) in [6.45, 7) is 3.88. The molecule has 0 radical (unpaired) electrons. The SMILES string of the molecule is CC(=O)OC[C@@]1(C(C)=O)O[C@H](Br)[C@H](OC(C)=O)[C@@H](OC(C)=O)[C@H]1O. The van der Waals surface area contributed by atoms with Crippen molar-refractivity contribution in [2.75, 3.05) is 6.61 Å². The van der Waals surface area contributed by atoms with Crippen LogP contribution in [-0.2, 0) is 38.1 Å². The predicted octanol–water partition coefficient (Wildman–Crippen LogP) is -0.147. The standard InChI is InChI=1S/C14H19BrO9/c1-6(16)14(5-21-7(2)17)12(20)10(22-8(3)18)11(13(15)24-14)23-9(4)19/h10-13,20H,5H2,1-4H3/t10-,11-,12-,13+,14+/m1/s1. The topological polar surface area (TPSA) is 125 Å². The number of rotatable bonds is 5. The van der Waals surface area contributed by atoms with E-state index in [0.717, 1.165) is 27.7 Å². The van der Waals surface area contributed by atoms with Gasteiger partial charge < -0.3 is 24.1 Å². The molecule has 1 fully saturated rings. The van der Waals surface area contributed by atoms with Crippen molar-refractivity contribution in [1.29, 1.82) is 0 Å². The third-order valence-electron chi connectivity index (χ3n) is 3.38. The van der Waals surface area contributed by atoms with Gasteiger partial charge in [-0.05, 0) is 6.92 Å². The molecule has 1 N–H and O–H groups in total. The molecular formula is C14H19BrO9. The Morgan fingerprint density at radius 1 is 1.00 bits per heavy atom. The van der Waals surface area contributed by atoms with E-state index < -0.39 is 59.2 Å². The van der Waals surface area contributed by atoms with Gasteiger partial charge in [-0.1, -0.05) is 15.9 Å². The first-order chi connectivity index (χ1) is 11.0. The van der Waals surface area contributed by atoms with Crippen molar-refractivity contribution in [3.05, 3.63) is 0 Å². The van der Waals surface area contributed by atoms with E-state index in [1.807, 2.05) is 0 Å². The number of esters is 3. The number of ether oxygens (including phenoxy) is 4. The van der Waals surface area contributed by atoms with Crippen molar-refractivity contribution >= 4 is 39.6 Å². The summed E-state index contributed by atoms with van der Waals surface area (Å²) in [6, 6.07) is 0. The molecule has 24 heavy (non-hydrogen) atoms. The molecular weight excluding hydrogens is 392 g/mol. The molecule has 0 aromatic carbocycles. The van der Waals surface area contributed by atoms with E-state index >= 15 is 0 Å². The van der Waals surface area contributed by atoms with Crippen LogP contribution in [0.1, 0.15) is 27.7 Å². The number of ketones is 1. The molecule has 1 aliphatic rings. The second-order valence-electron chi connectivity index (χ2n) is 5.29. The predicted molar refractivity (Wildman–Crippen MR) is 81.0 cm³/mol. The fraction of sp³-hybridized carbons (Fsp3) is 0.714. The number of aliphatic hydroxyl groups is 1. The molecule has 0 bridgehead atoms. The normalized spacial score (nSPS) is 32.6. The van der Waals surface area contributed by atoms with Crippen molar-refractivity contribution < 1.29 is 43.2 Å². The van der Waals surface area contributed by atoms with E-state index in [2.05, 4.69) is 15.9 Å². The molecule has 0 amide bonds. The van der Waals surface area contributed by atoms with Crippen LogP contribution < -0.4 is 0 Å². The van der Waals surface area contributed by atoms with Crippen molar-refractivity contribution in [3.63, 3.8) is 0 Å². The number of aliphatic hydroxyl groups excluding tert-OH is 1. The second kappa shape index (κ2) is 8.04. The van der Waals surface area contributed by atoms with Gasteiger partial charge in [0, 0.05) is 20.8 Å². The molecule has 0 aromatic rings. The molecule has 1 saturated heterocycles. The minimum absolute atomic E-state index is 0.592. The van der Waals surface area contributed by atoms with Crippen molar-refractivity contribution in [2.45, 2.75) is 56.6 Å². The molecule has 0 saturated carbocycles. The molecule has 1 aliphatic heterocycles. The average Bonchev–Trinajstić information content (AvgIpc) is 2.43. The first-order valence-electron chi connectivity index (χ1n) is 7.00. The minimum Gasteiger partial charge on any atom is -0.462 e. The Balaban J connectivity index is 3.24. The van der Waals surface area contributed by atoms with Crippen LogP contribution in [0.2, 0.25) is 0 Å². The second-order valence-corrected chi connectivity index (χ2v) is 6.19. The Hall–Kier alpha value is -1.52. The van der Waals surface area contributed by atoms with E-state index in [9.17, 15) is 24.3 Å². The van der Waals surface area contributed by atoms with Gasteiger partial charge in [0.15, 0.2) is 28.6 Å². The zero-order valence-corrected chi connectivity index (χ0v) is 15.2. The summed E-state index contributed by atoms with van der Waals surface area (Å²) in [5.41, 5.74) is -1.98. The van der Waals surface area contributed by atoms with Gasteiger partial charge in [-0.3, -0.25) is 19.2 Å². The molecule has 0 aromatic heterocycles. The van der Waals surface area contributed by atoms with Crippen molar-refractivity contribution in [1.82, 2.24) is 0 Å². The van der Waals surface area contributed by atoms with E-state index in [0.29, 0.717) is 0 Å². The van der Waals surface area contributed by atoms with Crippen LogP contribution in [0.5, 0.6) is 0 Å². The third kappa shape index (κ3) is 4.52. The molecule has 0 spiro atoms. The van der Waals surface area contributed by atoms with Crippen LogP contribution in [0.25, 0.3) is 0 Å². The summed E-state index contributed by atoms with van der Waals surface area (Å²) >= 11 is 3.10. The van der Waals surface area contributed by atoms with E-state index in [4.69, 9.17) is 18.9 Å². The largest absolute Gasteiger partial charge is 0.462 e. The lowest BCUT2D eigenvalue weighted by Gasteiger charge is -2.47. The maximum absolute atomic E-state index is 12.1. The molecule has 0 unspecified atom stereocenters. The average molecular weight is 411 g/mol. The highest BCUT2D eigenvalue weighted by atomic mass is 79.9. The van der Waals surface area contributed by atoms with E-state index in [-0.39, 0.29) is 0 Å². The molecule has 1 heterocycles. The van der Waals surface area contributed by atoms with Gasteiger partial charge in [-0.15, -0.1) is 0 Å². The monoisotopic (exact) mass is 410 g/mol. The summed E-state index contributed by atoms with van der Waals surface area (Å²) in [7, 11) is 0. The summed E-state index contributed by atoms with van der Waals surface area (Å²) in [5, 5.41) is 9.50. The van der Waals surface area contributed by atoms with Gasteiger partial charge in [0.2, 0.25) is 0 Å². The molecule has 1 rings (SSSR count). The number of hydrogen-bond acceptors (Lipinski definition) is 9. The van der Waals surface area contributed by atoms with Crippen molar-refractivity contribution in [2.24, 2.45) is 0 Å². The first-order valence-corrected chi connectivity index (χ1v) is 7.91. The number of hydrogen-bond donors (Lipinski definition) is 1. The molecule has 5 atom stereocenters. The van der Waals surface area contributed by atoms with Gasteiger partial charge in [-0.25, -0.2) is 0 Å². The van der Waals surface area contributed by atoms with Gasteiger partial charge in [0.25, 0.3) is 0 Å². The molecule has 9 nitrogen and oxygen atoms in total. The maximum atomic E-state index is 12.1. The minimum atomic E-state index is -1.98. The highest BCUT2D eigenvalue weighted by Crippen LogP contribution is 2.37. The number of carbonyl (C=O) groups is 4. The number of alkyl halides is 1.